The summed E-state index contributed by atoms with van der Waals surface area (Å²) in [5.74, 6) is 1.27. The summed E-state index contributed by atoms with van der Waals surface area (Å²) in [5, 5.41) is 0. The molecule has 0 bridgehead atoms. The first-order valence-electron chi connectivity index (χ1n) is 10.2. The summed E-state index contributed by atoms with van der Waals surface area (Å²) in [5.41, 5.74) is 6.60. The van der Waals surface area contributed by atoms with Gasteiger partial charge in [-0.15, -0.1) is 24.0 Å². The second-order valence-electron chi connectivity index (χ2n) is 8.55. The molecule has 2 N–H and O–H groups in total. The summed E-state index contributed by atoms with van der Waals surface area (Å²) >= 11 is 0. The predicted molar refractivity (Wildman–Crippen MR) is 127 cm³/mol. The highest BCUT2D eigenvalue weighted by Gasteiger charge is 2.22. The number of pyridine rings is 1. The van der Waals surface area contributed by atoms with E-state index in [1.807, 2.05) is 32.9 Å². The van der Waals surface area contributed by atoms with Crippen LogP contribution in [0.5, 0.6) is 0 Å². The van der Waals surface area contributed by atoms with Crippen LogP contribution in [0.15, 0.2) is 29.5 Å². The molecule has 1 atom stereocenters. The largest absolute Gasteiger partial charge is 0.444 e. The van der Waals surface area contributed by atoms with Crippen LogP contribution in [0, 0.1) is 5.92 Å². The van der Waals surface area contributed by atoms with Gasteiger partial charge in [-0.2, -0.15) is 0 Å². The van der Waals surface area contributed by atoms with Gasteiger partial charge in [-0.25, -0.2) is 4.79 Å². The fourth-order valence-corrected chi connectivity index (χ4v) is 3.23. The molecule has 164 valence electrons. The number of likely N-dealkylation sites (tertiary alicyclic amines) is 1. The van der Waals surface area contributed by atoms with Crippen molar-refractivity contribution in [2.24, 2.45) is 16.6 Å². The number of nitrogens with two attached hydrogens (primary N) is 1. The third kappa shape index (κ3) is 9.64. The van der Waals surface area contributed by atoms with Crippen LogP contribution in [0.2, 0.25) is 0 Å². The molecule has 29 heavy (non-hydrogen) atoms. The number of carbonyl (C=O) groups is 1. The van der Waals surface area contributed by atoms with Crippen molar-refractivity contribution in [3.05, 3.63) is 30.1 Å². The molecule has 1 amide bonds. The number of aliphatic imine (C=N–C) groups is 1. The molecule has 0 aromatic carbocycles. The fourth-order valence-electron chi connectivity index (χ4n) is 3.23. The van der Waals surface area contributed by atoms with E-state index in [1.54, 1.807) is 17.3 Å². The summed E-state index contributed by atoms with van der Waals surface area (Å²) in [6.45, 7) is 11.4. The van der Waals surface area contributed by atoms with Crippen LogP contribution >= 0.6 is 24.0 Å². The smallest absolute Gasteiger partial charge is 0.410 e. The minimum Gasteiger partial charge on any atom is -0.444 e. The summed E-state index contributed by atoms with van der Waals surface area (Å²) < 4.78 is 5.56. The average Bonchev–Trinajstić information content (AvgIpc) is 2.63. The molecular weight excluding hydrogens is 481 g/mol. The molecule has 0 saturated carbocycles. The van der Waals surface area contributed by atoms with E-state index in [0.29, 0.717) is 31.5 Å². The quantitative estimate of drug-likeness (QED) is 0.268. The lowest BCUT2D eigenvalue weighted by Crippen LogP contribution is -2.43. The molecule has 2 heterocycles. The Balaban J connectivity index is 0.00000420. The van der Waals surface area contributed by atoms with E-state index in [0.717, 1.165) is 31.5 Å². The average molecular weight is 517 g/mol. The SMILES string of the molecule is CC1CCCN(C(N)=NCCCN(Cc2cccnc2)C(=O)OC(C)(C)C)C1.I. The van der Waals surface area contributed by atoms with Gasteiger partial charge in [0, 0.05) is 38.6 Å². The first-order chi connectivity index (χ1) is 13.2. The normalized spacial score (nSPS) is 17.4. The Labute approximate surface area is 192 Å². The van der Waals surface area contributed by atoms with Gasteiger partial charge >= 0.3 is 6.09 Å². The molecule has 7 nitrogen and oxygen atoms in total. The van der Waals surface area contributed by atoms with Gasteiger partial charge in [0.15, 0.2) is 5.96 Å². The van der Waals surface area contributed by atoms with Crippen molar-refractivity contribution in [3.8, 4) is 0 Å². The molecule has 1 unspecified atom stereocenters. The highest BCUT2D eigenvalue weighted by Crippen LogP contribution is 2.15. The summed E-state index contributed by atoms with van der Waals surface area (Å²) in [6, 6.07) is 3.82. The molecule has 2 rings (SSSR count). The number of rotatable bonds is 6. The van der Waals surface area contributed by atoms with E-state index in [9.17, 15) is 4.79 Å². The third-order valence-corrected chi connectivity index (χ3v) is 4.59. The molecule has 1 aliphatic rings. The van der Waals surface area contributed by atoms with Crippen molar-refractivity contribution in [2.45, 2.75) is 59.1 Å². The summed E-state index contributed by atoms with van der Waals surface area (Å²) in [6.07, 6.45) is 6.31. The van der Waals surface area contributed by atoms with Gasteiger partial charge in [-0.1, -0.05) is 13.0 Å². The lowest BCUT2D eigenvalue weighted by atomic mass is 10.0. The van der Waals surface area contributed by atoms with Gasteiger partial charge in [-0.3, -0.25) is 9.98 Å². The Morgan fingerprint density at radius 3 is 2.83 bits per heavy atom. The van der Waals surface area contributed by atoms with Crippen molar-refractivity contribution in [3.63, 3.8) is 0 Å². The van der Waals surface area contributed by atoms with E-state index < -0.39 is 5.60 Å². The monoisotopic (exact) mass is 517 g/mol. The van der Waals surface area contributed by atoms with Crippen molar-refractivity contribution in [1.29, 1.82) is 0 Å². The maximum absolute atomic E-state index is 12.6. The van der Waals surface area contributed by atoms with Gasteiger partial charge in [0.2, 0.25) is 0 Å². The van der Waals surface area contributed by atoms with Gasteiger partial charge in [0.1, 0.15) is 5.60 Å². The van der Waals surface area contributed by atoms with Crippen LogP contribution < -0.4 is 5.73 Å². The van der Waals surface area contributed by atoms with Crippen molar-refractivity contribution in [1.82, 2.24) is 14.8 Å². The van der Waals surface area contributed by atoms with Gasteiger partial charge in [-0.05, 0) is 57.6 Å². The highest BCUT2D eigenvalue weighted by molar-refractivity contribution is 14.0. The minimum absolute atomic E-state index is 0. The van der Waals surface area contributed by atoms with Gasteiger partial charge in [0.05, 0.1) is 6.54 Å². The third-order valence-electron chi connectivity index (χ3n) is 4.59. The number of nitrogens with zero attached hydrogens (tertiary/aromatic N) is 4. The fraction of sp³-hybridized carbons (Fsp3) is 0.667. The lowest BCUT2D eigenvalue weighted by Gasteiger charge is -2.31. The Morgan fingerprint density at radius 1 is 1.45 bits per heavy atom. The number of ether oxygens (including phenoxy) is 1. The predicted octanol–water partition coefficient (Wildman–Crippen LogP) is 3.87. The Morgan fingerprint density at radius 2 is 2.21 bits per heavy atom. The molecular formula is C21H36IN5O2. The van der Waals surface area contributed by atoms with Crippen molar-refractivity contribution < 1.29 is 9.53 Å². The van der Waals surface area contributed by atoms with Crippen LogP contribution in [0.4, 0.5) is 4.79 Å². The molecule has 0 spiro atoms. The maximum Gasteiger partial charge on any atom is 0.410 e. The zero-order valence-corrected chi connectivity index (χ0v) is 20.5. The molecule has 0 radical (unpaired) electrons. The Bertz CT molecular complexity index is 648. The number of hydrogen-bond donors (Lipinski definition) is 1. The number of halogens is 1. The van der Waals surface area contributed by atoms with E-state index in [2.05, 4.69) is 21.8 Å². The first kappa shape index (κ1) is 25.5. The van der Waals surface area contributed by atoms with E-state index >= 15 is 0 Å². The van der Waals surface area contributed by atoms with E-state index in [4.69, 9.17) is 10.5 Å². The summed E-state index contributed by atoms with van der Waals surface area (Å²) in [7, 11) is 0. The molecule has 1 saturated heterocycles. The summed E-state index contributed by atoms with van der Waals surface area (Å²) in [4.78, 5) is 25.1. The molecule has 1 aromatic rings. The van der Waals surface area contributed by atoms with Crippen molar-refractivity contribution in [2.75, 3.05) is 26.2 Å². The second-order valence-corrected chi connectivity index (χ2v) is 8.55. The van der Waals surface area contributed by atoms with Crippen LogP contribution in [-0.4, -0.2) is 58.6 Å². The standard InChI is InChI=1S/C21H35N5O2.HI/c1-17-8-6-12-25(15-17)19(22)24-11-7-13-26(20(27)28-21(2,3)4)16-18-9-5-10-23-14-18;/h5,9-10,14,17H,6-8,11-13,15-16H2,1-4H3,(H2,22,24);1H. The van der Waals surface area contributed by atoms with Crippen LogP contribution in [0.3, 0.4) is 0 Å². The Kier molecular flexibility index (Phi) is 10.7. The number of amides is 1. The second kappa shape index (κ2) is 12.2. The van der Waals surface area contributed by atoms with Crippen LogP contribution in [0.1, 0.15) is 52.5 Å². The van der Waals surface area contributed by atoms with Gasteiger partial charge in [0.25, 0.3) is 0 Å². The number of hydrogen-bond acceptors (Lipinski definition) is 4. The maximum atomic E-state index is 12.6. The molecule has 1 fully saturated rings. The van der Waals surface area contributed by atoms with Crippen molar-refractivity contribution >= 4 is 36.0 Å². The van der Waals surface area contributed by atoms with Crippen LogP contribution in [-0.2, 0) is 11.3 Å². The number of carbonyl (C=O) groups excluding carboxylic acids is 1. The topological polar surface area (TPSA) is 84.0 Å². The number of piperidine rings is 1. The highest BCUT2D eigenvalue weighted by atomic mass is 127. The Hall–Kier alpha value is -1.58. The zero-order valence-electron chi connectivity index (χ0n) is 18.1. The zero-order chi connectivity index (χ0) is 20.6. The van der Waals surface area contributed by atoms with Crippen LogP contribution in [0.25, 0.3) is 0 Å². The van der Waals surface area contributed by atoms with Gasteiger partial charge < -0.3 is 20.3 Å². The lowest BCUT2D eigenvalue weighted by molar-refractivity contribution is 0.0232. The molecule has 1 aromatic heterocycles. The first-order valence-corrected chi connectivity index (χ1v) is 10.2. The van der Waals surface area contributed by atoms with E-state index in [-0.39, 0.29) is 30.1 Å². The minimum atomic E-state index is -0.530. The van der Waals surface area contributed by atoms with E-state index in [1.165, 1.54) is 6.42 Å². The number of aromatic nitrogens is 1. The molecule has 8 heteroatoms. The number of guanidine groups is 1. The molecule has 0 aliphatic carbocycles. The molecule has 1 aliphatic heterocycles.